The number of piperazine rings is 1. The minimum absolute atomic E-state index is 0.0264. The predicted molar refractivity (Wildman–Crippen MR) is 93.0 cm³/mol. The first-order valence-corrected chi connectivity index (χ1v) is 8.26. The SMILES string of the molecule is COc1ccccc1N1CCN(C(=O)c2cncc(Br)c2)CC1. The third kappa shape index (κ3) is 3.47. The lowest BCUT2D eigenvalue weighted by atomic mass is 10.2. The molecule has 0 radical (unpaired) electrons. The molecule has 2 aromatic rings. The van der Waals surface area contributed by atoms with Crippen LogP contribution in [-0.4, -0.2) is 49.1 Å². The predicted octanol–water partition coefficient (Wildman–Crippen LogP) is 2.82. The zero-order chi connectivity index (χ0) is 16.2. The van der Waals surface area contributed by atoms with Gasteiger partial charge in [-0.05, 0) is 34.1 Å². The van der Waals surface area contributed by atoms with Gasteiger partial charge in [-0.2, -0.15) is 0 Å². The molecule has 1 fully saturated rings. The van der Waals surface area contributed by atoms with E-state index in [2.05, 4.69) is 31.9 Å². The first-order valence-electron chi connectivity index (χ1n) is 7.47. The molecule has 1 aromatic carbocycles. The molecular formula is C17H18BrN3O2. The molecule has 120 valence electrons. The standard InChI is InChI=1S/C17H18BrN3O2/c1-23-16-5-3-2-4-15(16)20-6-8-21(9-7-20)17(22)13-10-14(18)12-19-11-13/h2-5,10-12H,6-9H2,1H3. The summed E-state index contributed by atoms with van der Waals surface area (Å²) >= 11 is 3.36. The number of carbonyl (C=O) groups excluding carboxylic acids is 1. The minimum atomic E-state index is 0.0264. The molecule has 0 unspecified atom stereocenters. The third-order valence-electron chi connectivity index (χ3n) is 3.94. The van der Waals surface area contributed by atoms with Crippen molar-refractivity contribution in [2.75, 3.05) is 38.2 Å². The van der Waals surface area contributed by atoms with E-state index >= 15 is 0 Å². The normalized spacial score (nSPS) is 14.7. The van der Waals surface area contributed by atoms with Crippen LogP contribution < -0.4 is 9.64 Å². The summed E-state index contributed by atoms with van der Waals surface area (Å²) in [5, 5.41) is 0. The van der Waals surface area contributed by atoms with Crippen molar-refractivity contribution in [3.05, 3.63) is 52.8 Å². The maximum Gasteiger partial charge on any atom is 0.255 e. The quantitative estimate of drug-likeness (QED) is 0.827. The summed E-state index contributed by atoms with van der Waals surface area (Å²) in [6.07, 6.45) is 3.29. The fourth-order valence-electron chi connectivity index (χ4n) is 2.75. The molecule has 6 heteroatoms. The molecule has 1 amide bonds. The van der Waals surface area contributed by atoms with Gasteiger partial charge in [0.25, 0.3) is 5.91 Å². The number of hydrogen-bond donors (Lipinski definition) is 0. The van der Waals surface area contributed by atoms with Gasteiger partial charge in [0, 0.05) is 43.0 Å². The van der Waals surface area contributed by atoms with E-state index in [4.69, 9.17) is 4.74 Å². The molecule has 5 nitrogen and oxygen atoms in total. The topological polar surface area (TPSA) is 45.7 Å². The van der Waals surface area contributed by atoms with E-state index in [0.717, 1.165) is 29.0 Å². The highest BCUT2D eigenvalue weighted by molar-refractivity contribution is 9.10. The van der Waals surface area contributed by atoms with Crippen molar-refractivity contribution < 1.29 is 9.53 Å². The molecule has 0 spiro atoms. The molecule has 3 rings (SSSR count). The van der Waals surface area contributed by atoms with Gasteiger partial charge in [-0.15, -0.1) is 0 Å². The van der Waals surface area contributed by atoms with Gasteiger partial charge in [0.15, 0.2) is 0 Å². The highest BCUT2D eigenvalue weighted by Crippen LogP contribution is 2.28. The van der Waals surface area contributed by atoms with Gasteiger partial charge in [0.1, 0.15) is 5.75 Å². The summed E-state index contributed by atoms with van der Waals surface area (Å²) in [5.74, 6) is 0.891. The minimum Gasteiger partial charge on any atom is -0.495 e. The van der Waals surface area contributed by atoms with E-state index < -0.39 is 0 Å². The van der Waals surface area contributed by atoms with E-state index in [1.807, 2.05) is 29.2 Å². The second kappa shape index (κ2) is 7.00. The van der Waals surface area contributed by atoms with Gasteiger partial charge in [-0.25, -0.2) is 0 Å². The fraction of sp³-hybridized carbons (Fsp3) is 0.294. The second-order valence-electron chi connectivity index (χ2n) is 5.34. The van der Waals surface area contributed by atoms with Crippen LogP contribution in [0.25, 0.3) is 0 Å². The number of carbonyl (C=O) groups is 1. The number of para-hydroxylation sites is 2. The van der Waals surface area contributed by atoms with Crippen LogP contribution in [0.15, 0.2) is 47.2 Å². The number of aromatic nitrogens is 1. The number of anilines is 1. The molecule has 0 bridgehead atoms. The molecule has 1 aliphatic heterocycles. The fourth-order valence-corrected chi connectivity index (χ4v) is 3.12. The van der Waals surface area contributed by atoms with Crippen molar-refractivity contribution >= 4 is 27.5 Å². The molecule has 2 heterocycles. The lowest BCUT2D eigenvalue weighted by Gasteiger charge is -2.36. The van der Waals surface area contributed by atoms with Gasteiger partial charge in [-0.3, -0.25) is 9.78 Å². The third-order valence-corrected chi connectivity index (χ3v) is 4.38. The summed E-state index contributed by atoms with van der Waals surface area (Å²) in [4.78, 5) is 20.7. The number of halogens is 1. The number of nitrogens with zero attached hydrogens (tertiary/aromatic N) is 3. The molecule has 0 N–H and O–H groups in total. The number of hydrogen-bond acceptors (Lipinski definition) is 4. The Morgan fingerprint density at radius 3 is 2.61 bits per heavy atom. The Labute approximate surface area is 144 Å². The van der Waals surface area contributed by atoms with Gasteiger partial charge < -0.3 is 14.5 Å². The first kappa shape index (κ1) is 15.8. The van der Waals surface area contributed by atoms with E-state index in [9.17, 15) is 4.79 Å². The van der Waals surface area contributed by atoms with Crippen molar-refractivity contribution in [2.45, 2.75) is 0 Å². The van der Waals surface area contributed by atoms with Gasteiger partial charge >= 0.3 is 0 Å². The van der Waals surface area contributed by atoms with Crippen LogP contribution in [0.3, 0.4) is 0 Å². The second-order valence-corrected chi connectivity index (χ2v) is 6.26. The Morgan fingerprint density at radius 1 is 1.17 bits per heavy atom. The highest BCUT2D eigenvalue weighted by atomic mass is 79.9. The van der Waals surface area contributed by atoms with Crippen molar-refractivity contribution in [3.8, 4) is 5.75 Å². The maximum absolute atomic E-state index is 12.5. The van der Waals surface area contributed by atoms with Crippen LogP contribution in [0.5, 0.6) is 5.75 Å². The summed E-state index contributed by atoms with van der Waals surface area (Å²) in [6, 6.07) is 9.78. The molecule has 1 aromatic heterocycles. The smallest absolute Gasteiger partial charge is 0.255 e. The van der Waals surface area contributed by atoms with Crippen molar-refractivity contribution in [1.29, 1.82) is 0 Å². The molecule has 1 saturated heterocycles. The number of ether oxygens (including phenoxy) is 1. The molecule has 0 aliphatic carbocycles. The van der Waals surface area contributed by atoms with Crippen molar-refractivity contribution in [3.63, 3.8) is 0 Å². The Bertz CT molecular complexity index is 700. The van der Waals surface area contributed by atoms with Crippen molar-refractivity contribution in [2.24, 2.45) is 0 Å². The zero-order valence-electron chi connectivity index (χ0n) is 12.9. The summed E-state index contributed by atoms with van der Waals surface area (Å²) in [5.41, 5.74) is 1.69. The van der Waals surface area contributed by atoms with Crippen LogP contribution >= 0.6 is 15.9 Å². The monoisotopic (exact) mass is 375 g/mol. The average Bonchev–Trinajstić information content (AvgIpc) is 2.61. The van der Waals surface area contributed by atoms with Crippen LogP contribution in [0, 0.1) is 0 Å². The number of rotatable bonds is 3. The highest BCUT2D eigenvalue weighted by Gasteiger charge is 2.23. The van der Waals surface area contributed by atoms with Gasteiger partial charge in [0.05, 0.1) is 18.4 Å². The van der Waals surface area contributed by atoms with Crippen LogP contribution in [0.2, 0.25) is 0 Å². The summed E-state index contributed by atoms with van der Waals surface area (Å²) in [7, 11) is 1.68. The summed E-state index contributed by atoms with van der Waals surface area (Å²) in [6.45, 7) is 2.94. The summed E-state index contributed by atoms with van der Waals surface area (Å²) < 4.78 is 6.24. The number of amides is 1. The van der Waals surface area contributed by atoms with E-state index in [-0.39, 0.29) is 5.91 Å². The van der Waals surface area contributed by atoms with Gasteiger partial charge in [-0.1, -0.05) is 12.1 Å². The maximum atomic E-state index is 12.5. The number of methoxy groups -OCH3 is 1. The Kier molecular flexibility index (Phi) is 4.81. The lowest BCUT2D eigenvalue weighted by molar-refractivity contribution is 0.0746. The van der Waals surface area contributed by atoms with Crippen LogP contribution in [-0.2, 0) is 0 Å². The lowest BCUT2D eigenvalue weighted by Crippen LogP contribution is -2.48. The molecule has 0 atom stereocenters. The number of pyridine rings is 1. The van der Waals surface area contributed by atoms with E-state index in [1.54, 1.807) is 19.5 Å². The number of benzene rings is 1. The molecule has 0 saturated carbocycles. The molecular weight excluding hydrogens is 358 g/mol. The molecule has 1 aliphatic rings. The largest absolute Gasteiger partial charge is 0.495 e. The van der Waals surface area contributed by atoms with E-state index in [1.165, 1.54) is 0 Å². The Balaban J connectivity index is 1.67. The van der Waals surface area contributed by atoms with Gasteiger partial charge in [0.2, 0.25) is 0 Å². The molecule has 23 heavy (non-hydrogen) atoms. The first-order chi connectivity index (χ1) is 11.2. The van der Waals surface area contributed by atoms with Crippen LogP contribution in [0.4, 0.5) is 5.69 Å². The van der Waals surface area contributed by atoms with Crippen molar-refractivity contribution in [1.82, 2.24) is 9.88 Å². The Hall–Kier alpha value is -2.08. The van der Waals surface area contributed by atoms with Crippen LogP contribution in [0.1, 0.15) is 10.4 Å². The zero-order valence-corrected chi connectivity index (χ0v) is 14.5. The average molecular weight is 376 g/mol. The van der Waals surface area contributed by atoms with E-state index in [0.29, 0.717) is 18.7 Å². The Morgan fingerprint density at radius 2 is 1.91 bits per heavy atom.